The van der Waals surface area contributed by atoms with Crippen molar-refractivity contribution >= 4 is 0 Å². The summed E-state index contributed by atoms with van der Waals surface area (Å²) in [6, 6.07) is 1.20. The van der Waals surface area contributed by atoms with E-state index in [0.29, 0.717) is 12.1 Å². The Bertz CT molecular complexity index is 270. The van der Waals surface area contributed by atoms with E-state index < -0.39 is 0 Å². The lowest BCUT2D eigenvalue weighted by molar-refractivity contribution is -0.109. The molecule has 3 heteroatoms. The van der Waals surface area contributed by atoms with Crippen molar-refractivity contribution < 1.29 is 4.74 Å². The van der Waals surface area contributed by atoms with E-state index in [1.54, 1.807) is 0 Å². The molecule has 0 amide bonds. The number of ether oxygens (including phenoxy) is 1. The van der Waals surface area contributed by atoms with Gasteiger partial charge in [0.2, 0.25) is 0 Å². The number of hydrogen-bond donors (Lipinski definition) is 2. The van der Waals surface area contributed by atoms with Crippen LogP contribution in [0.15, 0.2) is 0 Å². The fourth-order valence-corrected chi connectivity index (χ4v) is 3.59. The number of piperidine rings is 1. The third-order valence-corrected chi connectivity index (χ3v) is 4.45. The molecule has 3 unspecified atom stereocenters. The van der Waals surface area contributed by atoms with Gasteiger partial charge in [0.25, 0.3) is 0 Å². The first-order chi connectivity index (χ1) is 8.99. The minimum Gasteiger partial charge on any atom is -0.372 e. The molecule has 0 aromatic heterocycles. The first kappa shape index (κ1) is 15.3. The molecule has 2 N–H and O–H groups in total. The Balaban J connectivity index is 1.83. The summed E-state index contributed by atoms with van der Waals surface area (Å²) in [5.41, 5.74) is 0.109. The normalized spacial score (nSPS) is 36.3. The molecule has 2 aliphatic heterocycles. The Morgan fingerprint density at radius 3 is 2.32 bits per heavy atom. The third-order valence-electron chi connectivity index (χ3n) is 4.45. The van der Waals surface area contributed by atoms with Crippen LogP contribution in [0.25, 0.3) is 0 Å². The van der Waals surface area contributed by atoms with Crippen LogP contribution in [0.5, 0.6) is 0 Å². The summed E-state index contributed by atoms with van der Waals surface area (Å²) in [5, 5.41) is 7.39. The van der Waals surface area contributed by atoms with E-state index in [2.05, 4.69) is 38.3 Å². The number of morpholine rings is 1. The van der Waals surface area contributed by atoms with Gasteiger partial charge in [0.1, 0.15) is 0 Å². The lowest BCUT2D eigenvalue weighted by atomic mass is 9.83. The molecule has 0 saturated carbocycles. The molecule has 2 heterocycles. The van der Waals surface area contributed by atoms with Crippen molar-refractivity contribution in [2.45, 2.75) is 71.1 Å². The molecule has 19 heavy (non-hydrogen) atoms. The maximum absolute atomic E-state index is 6.33. The van der Waals surface area contributed by atoms with Gasteiger partial charge in [-0.05, 0) is 44.1 Å². The first-order valence-electron chi connectivity index (χ1n) is 8.10. The van der Waals surface area contributed by atoms with Crippen LogP contribution in [0.4, 0.5) is 0 Å². The van der Waals surface area contributed by atoms with E-state index in [0.717, 1.165) is 38.0 Å². The number of rotatable bonds is 4. The predicted octanol–water partition coefficient (Wildman–Crippen LogP) is 2.56. The second-order valence-electron chi connectivity index (χ2n) is 7.44. The van der Waals surface area contributed by atoms with Gasteiger partial charge < -0.3 is 15.4 Å². The number of hydrogen-bond acceptors (Lipinski definition) is 3. The van der Waals surface area contributed by atoms with Gasteiger partial charge in [0.15, 0.2) is 0 Å². The van der Waals surface area contributed by atoms with Gasteiger partial charge in [-0.1, -0.05) is 27.7 Å². The molecular weight excluding hydrogens is 236 g/mol. The van der Waals surface area contributed by atoms with Gasteiger partial charge in [-0.3, -0.25) is 0 Å². The monoisotopic (exact) mass is 268 g/mol. The summed E-state index contributed by atoms with van der Waals surface area (Å²) in [4.78, 5) is 0. The second-order valence-corrected chi connectivity index (χ2v) is 7.44. The van der Waals surface area contributed by atoms with Crippen molar-refractivity contribution in [2.75, 3.05) is 19.7 Å². The summed E-state index contributed by atoms with van der Waals surface area (Å²) in [7, 11) is 0. The van der Waals surface area contributed by atoms with Gasteiger partial charge in [-0.15, -0.1) is 0 Å². The fourth-order valence-electron chi connectivity index (χ4n) is 3.59. The first-order valence-corrected chi connectivity index (χ1v) is 8.10. The highest BCUT2D eigenvalue weighted by Gasteiger charge is 2.40. The molecule has 1 spiro atoms. The van der Waals surface area contributed by atoms with Crippen molar-refractivity contribution in [3.05, 3.63) is 0 Å². The van der Waals surface area contributed by atoms with Crippen LogP contribution >= 0.6 is 0 Å². The molecule has 0 aromatic rings. The summed E-state index contributed by atoms with van der Waals surface area (Å²) >= 11 is 0. The van der Waals surface area contributed by atoms with Crippen molar-refractivity contribution in [1.29, 1.82) is 0 Å². The average molecular weight is 268 g/mol. The Morgan fingerprint density at radius 2 is 1.74 bits per heavy atom. The maximum Gasteiger partial charge on any atom is 0.0834 e. The van der Waals surface area contributed by atoms with Crippen LogP contribution < -0.4 is 10.6 Å². The van der Waals surface area contributed by atoms with Crippen LogP contribution in [-0.2, 0) is 4.74 Å². The van der Waals surface area contributed by atoms with E-state index in [1.807, 2.05) is 0 Å². The van der Waals surface area contributed by atoms with Gasteiger partial charge in [0, 0.05) is 18.6 Å². The minimum atomic E-state index is 0.109. The zero-order chi connectivity index (χ0) is 13.9. The second kappa shape index (κ2) is 6.55. The van der Waals surface area contributed by atoms with Gasteiger partial charge >= 0.3 is 0 Å². The lowest BCUT2D eigenvalue weighted by Gasteiger charge is -2.46. The largest absolute Gasteiger partial charge is 0.372 e. The topological polar surface area (TPSA) is 33.3 Å². The third kappa shape index (κ3) is 4.44. The highest BCUT2D eigenvalue weighted by molar-refractivity contribution is 4.97. The van der Waals surface area contributed by atoms with E-state index in [1.165, 1.54) is 19.3 Å². The summed E-state index contributed by atoms with van der Waals surface area (Å²) < 4.78 is 6.33. The smallest absolute Gasteiger partial charge is 0.0834 e. The zero-order valence-electron chi connectivity index (χ0n) is 13.2. The van der Waals surface area contributed by atoms with Crippen LogP contribution in [0.3, 0.4) is 0 Å². The molecule has 3 nitrogen and oxygen atoms in total. The highest BCUT2D eigenvalue weighted by atomic mass is 16.5. The molecule has 2 aliphatic rings. The van der Waals surface area contributed by atoms with Gasteiger partial charge in [-0.25, -0.2) is 0 Å². The van der Waals surface area contributed by atoms with Crippen molar-refractivity contribution in [2.24, 2.45) is 11.8 Å². The van der Waals surface area contributed by atoms with Crippen LogP contribution in [0.2, 0.25) is 0 Å². The summed E-state index contributed by atoms with van der Waals surface area (Å²) in [6.07, 6.45) is 4.82. The highest BCUT2D eigenvalue weighted by Crippen LogP contribution is 2.31. The van der Waals surface area contributed by atoms with Crippen LogP contribution in [0.1, 0.15) is 53.4 Å². The minimum absolute atomic E-state index is 0.109. The van der Waals surface area contributed by atoms with Crippen molar-refractivity contribution in [1.82, 2.24) is 10.6 Å². The van der Waals surface area contributed by atoms with Crippen LogP contribution in [-0.4, -0.2) is 37.4 Å². The molecule has 0 bridgehead atoms. The maximum atomic E-state index is 6.33. The molecule has 0 aromatic carbocycles. The average Bonchev–Trinajstić information content (AvgIpc) is 2.31. The molecule has 0 aliphatic carbocycles. The fraction of sp³-hybridized carbons (Fsp3) is 1.00. The molecule has 0 radical (unpaired) electrons. The lowest BCUT2D eigenvalue weighted by Crippen LogP contribution is -2.60. The molecule has 2 rings (SSSR count). The predicted molar refractivity (Wildman–Crippen MR) is 80.4 cm³/mol. The van der Waals surface area contributed by atoms with E-state index in [9.17, 15) is 0 Å². The molecule has 3 atom stereocenters. The zero-order valence-corrected chi connectivity index (χ0v) is 13.2. The van der Waals surface area contributed by atoms with Crippen molar-refractivity contribution in [3.63, 3.8) is 0 Å². The van der Waals surface area contributed by atoms with Crippen molar-refractivity contribution in [3.8, 4) is 0 Å². The van der Waals surface area contributed by atoms with E-state index in [4.69, 9.17) is 4.74 Å². The van der Waals surface area contributed by atoms with E-state index in [-0.39, 0.29) is 5.60 Å². The summed E-state index contributed by atoms with van der Waals surface area (Å²) in [6.45, 7) is 12.2. The number of nitrogens with one attached hydrogen (secondary N) is 2. The van der Waals surface area contributed by atoms with Gasteiger partial charge in [0.05, 0.1) is 12.2 Å². The van der Waals surface area contributed by atoms with E-state index >= 15 is 0 Å². The Labute approximate surface area is 118 Å². The molecule has 2 fully saturated rings. The quantitative estimate of drug-likeness (QED) is 0.822. The molecular formula is C16H32N2O. The Morgan fingerprint density at radius 1 is 1.05 bits per heavy atom. The Hall–Kier alpha value is -0.120. The standard InChI is InChI=1S/C16H32N2O/c1-12(2)7-14-9-16(5-6-17-14)11-18-15(10-19-16)8-13(3)4/h12-15,17-18H,5-11H2,1-4H3. The molecule has 112 valence electrons. The molecule has 2 saturated heterocycles. The Kier molecular flexibility index (Phi) is 5.27. The van der Waals surface area contributed by atoms with Gasteiger partial charge in [-0.2, -0.15) is 0 Å². The van der Waals surface area contributed by atoms with Crippen LogP contribution in [0, 0.1) is 11.8 Å². The SMILES string of the molecule is CC(C)CC1COC2(CCNC(CC(C)C)C2)CN1. The summed E-state index contributed by atoms with van der Waals surface area (Å²) in [5.74, 6) is 1.51.